The lowest BCUT2D eigenvalue weighted by atomic mass is 10.1. The van der Waals surface area contributed by atoms with Crippen LogP contribution in [-0.2, 0) is 0 Å². The van der Waals surface area contributed by atoms with E-state index in [1.165, 1.54) is 16.7 Å². The van der Waals surface area contributed by atoms with Gasteiger partial charge in [-0.05, 0) is 49.6 Å². The number of benzene rings is 1. The van der Waals surface area contributed by atoms with E-state index in [0.29, 0.717) is 0 Å². The Morgan fingerprint density at radius 3 is 2.94 bits per heavy atom. The van der Waals surface area contributed by atoms with Gasteiger partial charge in [0.25, 0.3) is 0 Å². The zero-order valence-electron chi connectivity index (χ0n) is 10.0. The molecule has 2 nitrogen and oxygen atoms in total. The van der Waals surface area contributed by atoms with Gasteiger partial charge in [-0.2, -0.15) is 0 Å². The van der Waals surface area contributed by atoms with E-state index in [-0.39, 0.29) is 0 Å². The van der Waals surface area contributed by atoms with E-state index < -0.39 is 0 Å². The molecule has 0 atom stereocenters. The molecule has 0 saturated carbocycles. The molecule has 1 aliphatic rings. The van der Waals surface area contributed by atoms with Gasteiger partial charge in [0, 0.05) is 6.54 Å². The van der Waals surface area contributed by atoms with Gasteiger partial charge < -0.3 is 10.1 Å². The summed E-state index contributed by atoms with van der Waals surface area (Å²) >= 11 is 0. The van der Waals surface area contributed by atoms with Crippen LogP contribution in [-0.4, -0.2) is 19.7 Å². The fourth-order valence-electron chi connectivity index (χ4n) is 1.83. The molecule has 1 aromatic rings. The fourth-order valence-corrected chi connectivity index (χ4v) is 1.83. The Hall–Kier alpha value is -1.28. The minimum atomic E-state index is 0.728. The van der Waals surface area contributed by atoms with Gasteiger partial charge in [0.15, 0.2) is 0 Å². The summed E-state index contributed by atoms with van der Waals surface area (Å²) in [5.41, 5.74) is 3.86. The fraction of sp³-hybridized carbons (Fsp3) is 0.429. The van der Waals surface area contributed by atoms with E-state index in [1.54, 1.807) is 0 Å². The zero-order chi connectivity index (χ0) is 11.4. The molecule has 0 amide bonds. The summed E-state index contributed by atoms with van der Waals surface area (Å²) in [7, 11) is 0. The van der Waals surface area contributed by atoms with Crippen molar-refractivity contribution in [3.8, 4) is 5.75 Å². The van der Waals surface area contributed by atoms with E-state index in [0.717, 1.165) is 31.9 Å². The highest BCUT2D eigenvalue weighted by Gasteiger charge is 2.05. The maximum absolute atomic E-state index is 5.86. The Labute approximate surface area is 97.3 Å². The molecule has 2 rings (SSSR count). The van der Waals surface area contributed by atoms with Crippen molar-refractivity contribution in [2.45, 2.75) is 20.3 Å². The van der Waals surface area contributed by atoms with Gasteiger partial charge in [0.2, 0.25) is 0 Å². The number of rotatable bonds is 3. The second kappa shape index (κ2) is 5.17. The Morgan fingerprint density at radius 1 is 1.31 bits per heavy atom. The average Bonchev–Trinajstić information content (AvgIpc) is 2.32. The molecule has 1 aliphatic heterocycles. The van der Waals surface area contributed by atoms with Gasteiger partial charge in [0.1, 0.15) is 12.4 Å². The molecule has 1 N–H and O–H groups in total. The SMILES string of the molecule is Cc1ccc(C)c(OCC2=CCNCC2)c1. The summed E-state index contributed by atoms with van der Waals surface area (Å²) in [6, 6.07) is 6.34. The van der Waals surface area contributed by atoms with Crippen molar-refractivity contribution in [1.82, 2.24) is 5.32 Å². The van der Waals surface area contributed by atoms with Crippen molar-refractivity contribution < 1.29 is 4.74 Å². The second-order valence-electron chi connectivity index (χ2n) is 4.37. The maximum Gasteiger partial charge on any atom is 0.122 e. The third kappa shape index (κ3) is 2.86. The van der Waals surface area contributed by atoms with E-state index in [2.05, 4.69) is 43.4 Å². The molecule has 1 heterocycles. The second-order valence-corrected chi connectivity index (χ2v) is 4.37. The van der Waals surface area contributed by atoms with Crippen molar-refractivity contribution in [1.29, 1.82) is 0 Å². The summed E-state index contributed by atoms with van der Waals surface area (Å²) in [4.78, 5) is 0. The highest BCUT2D eigenvalue weighted by Crippen LogP contribution is 2.20. The Kier molecular flexibility index (Phi) is 3.62. The van der Waals surface area contributed by atoms with Crippen LogP contribution in [0.1, 0.15) is 17.5 Å². The standard InChI is InChI=1S/C14H19NO/c1-11-3-4-12(2)14(9-11)16-10-13-5-7-15-8-6-13/h3-5,9,15H,6-8,10H2,1-2H3. The quantitative estimate of drug-likeness (QED) is 0.786. The Morgan fingerprint density at radius 2 is 2.19 bits per heavy atom. The van der Waals surface area contributed by atoms with Crippen LogP contribution in [0, 0.1) is 13.8 Å². The lowest BCUT2D eigenvalue weighted by molar-refractivity contribution is 0.342. The highest BCUT2D eigenvalue weighted by atomic mass is 16.5. The topological polar surface area (TPSA) is 21.3 Å². The van der Waals surface area contributed by atoms with E-state index >= 15 is 0 Å². The van der Waals surface area contributed by atoms with Crippen molar-refractivity contribution in [2.75, 3.05) is 19.7 Å². The molecular formula is C14H19NO. The van der Waals surface area contributed by atoms with Crippen LogP contribution >= 0.6 is 0 Å². The van der Waals surface area contributed by atoms with Gasteiger partial charge >= 0.3 is 0 Å². The maximum atomic E-state index is 5.86. The number of hydrogen-bond acceptors (Lipinski definition) is 2. The molecular weight excluding hydrogens is 198 g/mol. The molecule has 86 valence electrons. The molecule has 0 unspecified atom stereocenters. The molecule has 0 bridgehead atoms. The van der Waals surface area contributed by atoms with E-state index in [9.17, 15) is 0 Å². The van der Waals surface area contributed by atoms with Crippen LogP contribution in [0.3, 0.4) is 0 Å². The average molecular weight is 217 g/mol. The summed E-state index contributed by atoms with van der Waals surface area (Å²) in [5, 5.41) is 3.30. The smallest absolute Gasteiger partial charge is 0.122 e. The van der Waals surface area contributed by atoms with Crippen LogP contribution in [0.2, 0.25) is 0 Å². The van der Waals surface area contributed by atoms with Crippen molar-refractivity contribution >= 4 is 0 Å². The van der Waals surface area contributed by atoms with Gasteiger partial charge in [0.05, 0.1) is 0 Å². The summed E-state index contributed by atoms with van der Waals surface area (Å²) in [6.45, 7) is 6.96. The van der Waals surface area contributed by atoms with Crippen molar-refractivity contribution in [3.63, 3.8) is 0 Å². The highest BCUT2D eigenvalue weighted by molar-refractivity contribution is 5.36. The van der Waals surface area contributed by atoms with Crippen molar-refractivity contribution in [2.24, 2.45) is 0 Å². The third-order valence-electron chi connectivity index (χ3n) is 2.91. The largest absolute Gasteiger partial charge is 0.489 e. The molecule has 0 saturated heterocycles. The van der Waals surface area contributed by atoms with Gasteiger partial charge in [-0.1, -0.05) is 18.2 Å². The van der Waals surface area contributed by atoms with Crippen molar-refractivity contribution in [3.05, 3.63) is 41.0 Å². The van der Waals surface area contributed by atoms with Crippen LogP contribution in [0.4, 0.5) is 0 Å². The molecule has 16 heavy (non-hydrogen) atoms. The van der Waals surface area contributed by atoms with Crippen LogP contribution in [0.5, 0.6) is 5.75 Å². The molecule has 0 spiro atoms. The van der Waals surface area contributed by atoms with E-state index in [4.69, 9.17) is 4.74 Å². The Balaban J connectivity index is 1.98. The summed E-state index contributed by atoms with van der Waals surface area (Å²) in [5.74, 6) is 1.01. The summed E-state index contributed by atoms with van der Waals surface area (Å²) in [6.07, 6.45) is 3.33. The molecule has 0 aliphatic carbocycles. The molecule has 2 heteroatoms. The van der Waals surface area contributed by atoms with Crippen LogP contribution < -0.4 is 10.1 Å². The first-order valence-corrected chi connectivity index (χ1v) is 5.84. The minimum Gasteiger partial charge on any atom is -0.489 e. The van der Waals surface area contributed by atoms with Crippen LogP contribution in [0.15, 0.2) is 29.8 Å². The lowest BCUT2D eigenvalue weighted by Gasteiger charge is -2.16. The lowest BCUT2D eigenvalue weighted by Crippen LogP contribution is -2.22. The predicted octanol–water partition coefficient (Wildman–Crippen LogP) is 2.60. The first kappa shape index (κ1) is 11.2. The number of nitrogens with one attached hydrogen (secondary N) is 1. The summed E-state index contributed by atoms with van der Waals surface area (Å²) < 4.78 is 5.86. The van der Waals surface area contributed by atoms with Gasteiger partial charge in [-0.3, -0.25) is 0 Å². The van der Waals surface area contributed by atoms with Gasteiger partial charge in [-0.25, -0.2) is 0 Å². The monoisotopic (exact) mass is 217 g/mol. The molecule has 0 aromatic heterocycles. The molecule has 0 radical (unpaired) electrons. The third-order valence-corrected chi connectivity index (χ3v) is 2.91. The normalized spacial score (nSPS) is 15.8. The van der Waals surface area contributed by atoms with Crippen LogP contribution in [0.25, 0.3) is 0 Å². The first-order valence-electron chi connectivity index (χ1n) is 5.84. The minimum absolute atomic E-state index is 0.728. The first-order chi connectivity index (χ1) is 7.75. The zero-order valence-corrected chi connectivity index (χ0v) is 10.0. The van der Waals surface area contributed by atoms with E-state index in [1.807, 2.05) is 0 Å². The number of hydrogen-bond donors (Lipinski definition) is 1. The Bertz CT molecular complexity index is 396. The molecule has 1 aromatic carbocycles. The predicted molar refractivity (Wildman–Crippen MR) is 67.0 cm³/mol. The number of ether oxygens (including phenoxy) is 1. The number of aryl methyl sites for hydroxylation is 2. The molecule has 0 fully saturated rings. The van der Waals surface area contributed by atoms with Gasteiger partial charge in [-0.15, -0.1) is 0 Å².